The van der Waals surface area contributed by atoms with Crippen LogP contribution in [0.3, 0.4) is 0 Å². The van der Waals surface area contributed by atoms with Gasteiger partial charge in [-0.1, -0.05) is 30.0 Å². The average Bonchev–Trinajstić information content (AvgIpc) is 2.70. The molecule has 0 heterocycles. The van der Waals surface area contributed by atoms with Crippen molar-refractivity contribution < 1.29 is 8.78 Å². The molecule has 0 atom stereocenters. The first kappa shape index (κ1) is 19.2. The number of rotatable bonds is 3. The molecule has 0 aliphatic heterocycles. The Labute approximate surface area is 163 Å². The van der Waals surface area contributed by atoms with E-state index in [2.05, 4.69) is 53.8 Å². The van der Waals surface area contributed by atoms with Gasteiger partial charge in [-0.05, 0) is 73.6 Å². The lowest BCUT2D eigenvalue weighted by atomic mass is 9.79. The van der Waals surface area contributed by atoms with Crippen molar-refractivity contribution in [3.8, 4) is 11.8 Å². The van der Waals surface area contributed by atoms with E-state index in [0.29, 0.717) is 5.92 Å². The molecule has 27 heavy (non-hydrogen) atoms. The van der Waals surface area contributed by atoms with Crippen LogP contribution in [0.15, 0.2) is 54.0 Å². The van der Waals surface area contributed by atoms with Crippen molar-refractivity contribution in [2.24, 2.45) is 10.9 Å². The Morgan fingerprint density at radius 3 is 2.15 bits per heavy atom. The highest BCUT2D eigenvalue weighted by Gasteiger charge is 2.20. The maximum absolute atomic E-state index is 13.8. The molecular formula is C23H18F2NS. The van der Waals surface area contributed by atoms with Crippen molar-refractivity contribution in [1.82, 2.24) is 0 Å². The molecule has 135 valence electrons. The summed E-state index contributed by atoms with van der Waals surface area (Å²) in [5.41, 5.74) is 1.83. The summed E-state index contributed by atoms with van der Waals surface area (Å²) in [7, 11) is 0. The lowest BCUT2D eigenvalue weighted by Gasteiger charge is -2.26. The molecule has 1 radical (unpaired) electrons. The van der Waals surface area contributed by atoms with Gasteiger partial charge in [-0.15, -0.1) is 6.58 Å². The van der Waals surface area contributed by atoms with E-state index < -0.39 is 17.3 Å². The molecule has 0 saturated heterocycles. The summed E-state index contributed by atoms with van der Waals surface area (Å²) in [6.07, 6.45) is 6.55. The fraction of sp³-hybridized carbons (Fsp3) is 0.217. The average molecular weight is 378 g/mol. The summed E-state index contributed by atoms with van der Waals surface area (Å²) < 4.78 is 27.7. The molecule has 1 aliphatic carbocycles. The van der Waals surface area contributed by atoms with Gasteiger partial charge in [-0.25, -0.2) is 8.78 Å². The molecule has 0 unspecified atom stereocenters. The van der Waals surface area contributed by atoms with Crippen molar-refractivity contribution in [3.05, 3.63) is 83.3 Å². The van der Waals surface area contributed by atoms with E-state index in [1.54, 1.807) is 0 Å². The maximum atomic E-state index is 13.8. The number of halogens is 2. The van der Waals surface area contributed by atoms with Crippen molar-refractivity contribution in [3.63, 3.8) is 0 Å². The van der Waals surface area contributed by atoms with Gasteiger partial charge in [-0.2, -0.15) is 4.99 Å². The monoisotopic (exact) mass is 378 g/mol. The zero-order chi connectivity index (χ0) is 19.2. The summed E-state index contributed by atoms with van der Waals surface area (Å²) in [4.78, 5) is 3.39. The minimum Gasteiger partial charge on any atom is -0.204 e. The molecule has 1 aliphatic rings. The molecule has 0 aromatic heterocycles. The Balaban J connectivity index is 1.73. The van der Waals surface area contributed by atoms with E-state index in [0.717, 1.165) is 43.4 Å². The van der Waals surface area contributed by atoms with E-state index in [1.165, 1.54) is 11.5 Å². The fourth-order valence-corrected chi connectivity index (χ4v) is 3.33. The quantitative estimate of drug-likeness (QED) is 0.261. The Morgan fingerprint density at radius 2 is 1.59 bits per heavy atom. The molecule has 2 aromatic carbocycles. The van der Waals surface area contributed by atoms with E-state index >= 15 is 0 Å². The van der Waals surface area contributed by atoms with Crippen molar-refractivity contribution in [2.45, 2.75) is 25.7 Å². The highest BCUT2D eigenvalue weighted by atomic mass is 32.1. The predicted molar refractivity (Wildman–Crippen MR) is 108 cm³/mol. The van der Waals surface area contributed by atoms with Crippen molar-refractivity contribution >= 4 is 23.1 Å². The van der Waals surface area contributed by atoms with Gasteiger partial charge in [0.2, 0.25) is 0 Å². The van der Waals surface area contributed by atoms with Gasteiger partial charge in [0.1, 0.15) is 5.69 Å². The van der Waals surface area contributed by atoms with Gasteiger partial charge in [0, 0.05) is 17.0 Å². The lowest BCUT2D eigenvalue weighted by molar-refractivity contribution is 0.456. The zero-order valence-electron chi connectivity index (χ0n) is 14.8. The van der Waals surface area contributed by atoms with Crippen LogP contribution in [0.2, 0.25) is 0 Å². The third kappa shape index (κ3) is 4.77. The fourth-order valence-electron chi connectivity index (χ4n) is 3.24. The van der Waals surface area contributed by atoms with Gasteiger partial charge >= 0.3 is 0 Å². The van der Waals surface area contributed by atoms with Crippen LogP contribution in [0.25, 0.3) is 0 Å². The summed E-state index contributed by atoms with van der Waals surface area (Å²) >= 11 is 4.39. The smallest absolute Gasteiger partial charge is 0.153 e. The highest BCUT2D eigenvalue weighted by molar-refractivity contribution is 7.78. The van der Waals surface area contributed by atoms with Gasteiger partial charge in [0.25, 0.3) is 0 Å². The van der Waals surface area contributed by atoms with Crippen LogP contribution in [0, 0.1) is 35.3 Å². The Morgan fingerprint density at radius 1 is 1.00 bits per heavy atom. The molecule has 0 bridgehead atoms. The Kier molecular flexibility index (Phi) is 6.29. The number of hydrogen-bond acceptors (Lipinski definition) is 2. The number of allylic oxidation sites excluding steroid dienone is 1. The zero-order valence-corrected chi connectivity index (χ0v) is 15.6. The molecule has 0 spiro atoms. The van der Waals surface area contributed by atoms with E-state index in [4.69, 9.17) is 0 Å². The largest absolute Gasteiger partial charge is 0.204 e. The first-order chi connectivity index (χ1) is 13.1. The minimum absolute atomic E-state index is 0.245. The predicted octanol–water partition coefficient (Wildman–Crippen LogP) is 6.40. The molecule has 1 nitrogen and oxygen atoms in total. The standard InChI is InChI=1S/C23H18F2NS/c1-2-16-5-9-19(10-6-16)20-11-7-17(8-12-20)3-4-18-13-21(24)23(26-15-27)22(25)14-18/h2,7-8,11-14,16H,1,5-6,9-10H2. The number of thiocarbonyl (C=S) groups is 1. The summed E-state index contributed by atoms with van der Waals surface area (Å²) in [6.45, 7) is 3.88. The third-order valence-corrected chi connectivity index (χ3v) is 4.88. The SMILES string of the molecule is C=CC1CC[C](c2ccc(C#Cc3cc(F)c(N=C=S)c(F)c3)cc2)CC1. The van der Waals surface area contributed by atoms with Crippen molar-refractivity contribution in [2.75, 3.05) is 0 Å². The highest BCUT2D eigenvalue weighted by Crippen LogP contribution is 2.35. The number of isothiocyanates is 1. The van der Waals surface area contributed by atoms with Crippen LogP contribution in [-0.2, 0) is 0 Å². The van der Waals surface area contributed by atoms with Crippen LogP contribution < -0.4 is 0 Å². The number of aliphatic imine (C=N–C) groups is 1. The number of hydrogen-bond donors (Lipinski definition) is 0. The topological polar surface area (TPSA) is 12.4 Å². The van der Waals surface area contributed by atoms with Crippen LogP contribution in [0.1, 0.15) is 42.4 Å². The van der Waals surface area contributed by atoms with E-state index in [1.807, 2.05) is 17.3 Å². The second kappa shape index (κ2) is 8.86. The van der Waals surface area contributed by atoms with Crippen LogP contribution in [0.4, 0.5) is 14.5 Å². The summed E-state index contributed by atoms with van der Waals surface area (Å²) in [6, 6.07) is 10.3. The second-order valence-corrected chi connectivity index (χ2v) is 6.68. The first-order valence-corrected chi connectivity index (χ1v) is 9.18. The van der Waals surface area contributed by atoms with Gasteiger partial charge < -0.3 is 0 Å². The van der Waals surface area contributed by atoms with E-state index in [9.17, 15) is 8.78 Å². The normalized spacial score (nSPS) is 14.7. The molecule has 2 aromatic rings. The number of benzene rings is 2. The van der Waals surface area contributed by atoms with Crippen molar-refractivity contribution in [1.29, 1.82) is 0 Å². The molecular weight excluding hydrogens is 360 g/mol. The molecule has 4 heteroatoms. The maximum Gasteiger partial charge on any atom is 0.153 e. The van der Waals surface area contributed by atoms with Crippen LogP contribution in [-0.4, -0.2) is 5.16 Å². The molecule has 1 fully saturated rings. The van der Waals surface area contributed by atoms with Crippen LogP contribution in [0.5, 0.6) is 0 Å². The van der Waals surface area contributed by atoms with Gasteiger partial charge in [-0.3, -0.25) is 0 Å². The lowest BCUT2D eigenvalue weighted by Crippen LogP contribution is -2.12. The third-order valence-electron chi connectivity index (χ3n) is 4.79. The molecule has 1 saturated carbocycles. The molecule has 0 amide bonds. The Hall–Kier alpha value is -2.60. The second-order valence-electron chi connectivity index (χ2n) is 6.50. The van der Waals surface area contributed by atoms with E-state index in [-0.39, 0.29) is 5.56 Å². The molecule has 0 N–H and O–H groups in total. The summed E-state index contributed by atoms with van der Waals surface area (Å²) in [5.74, 6) is 6.20. The van der Waals surface area contributed by atoms with Gasteiger partial charge in [0.15, 0.2) is 11.6 Å². The Bertz CT molecular complexity index is 916. The molecule has 3 rings (SSSR count). The van der Waals surface area contributed by atoms with Crippen LogP contribution >= 0.6 is 12.2 Å². The summed E-state index contributed by atoms with van der Waals surface area (Å²) in [5, 5.41) is 1.97. The first-order valence-electron chi connectivity index (χ1n) is 8.77. The number of nitrogens with zero attached hydrogens (tertiary/aromatic N) is 1. The minimum atomic E-state index is -0.807. The van der Waals surface area contributed by atoms with Gasteiger partial charge in [0.05, 0.1) is 5.16 Å².